The Hall–Kier alpha value is 0.350. The largest absolute Gasteiger partial charge is 0.344 e. The van der Waals surface area contributed by atoms with E-state index in [0.717, 1.165) is 0 Å². The van der Waals surface area contributed by atoms with Gasteiger partial charge in [0.1, 0.15) is 0 Å². The smallest absolute Gasteiger partial charge is 0.0892 e. The van der Waals surface area contributed by atoms with E-state index in [4.69, 9.17) is 4.52 Å². The van der Waals surface area contributed by atoms with Crippen LogP contribution in [0.3, 0.4) is 0 Å². The molecule has 0 aromatic heterocycles. The molecule has 1 unspecified atom stereocenters. The van der Waals surface area contributed by atoms with Crippen LogP contribution in [0.5, 0.6) is 0 Å². The minimum absolute atomic E-state index is 0.388. The van der Waals surface area contributed by atoms with Crippen molar-refractivity contribution in [2.24, 2.45) is 0 Å². The number of rotatable bonds is 3. The van der Waals surface area contributed by atoms with Crippen molar-refractivity contribution in [3.8, 4) is 0 Å². The summed E-state index contributed by atoms with van der Waals surface area (Å²) in [5, 5.41) is 0. The lowest BCUT2D eigenvalue weighted by Gasteiger charge is -2.15. The van der Waals surface area contributed by atoms with Gasteiger partial charge in [-0.05, 0) is 26.7 Å². The molecule has 0 bridgehead atoms. The minimum Gasteiger partial charge on any atom is -0.344 e. The normalized spacial score (nSPS) is 21.9. The third-order valence-corrected chi connectivity index (χ3v) is 2.81. The van der Waals surface area contributed by atoms with E-state index in [1.807, 2.05) is 0 Å². The van der Waals surface area contributed by atoms with Gasteiger partial charge in [-0.25, -0.2) is 0 Å². The van der Waals surface area contributed by atoms with Crippen molar-refractivity contribution in [2.75, 3.05) is 13.1 Å². The van der Waals surface area contributed by atoms with Crippen LogP contribution in [-0.4, -0.2) is 23.9 Å². The third-order valence-electron chi connectivity index (χ3n) is 1.52. The van der Waals surface area contributed by atoms with Crippen molar-refractivity contribution in [1.29, 1.82) is 0 Å². The van der Waals surface area contributed by atoms with Crippen molar-refractivity contribution in [1.82, 2.24) is 4.67 Å². The van der Waals surface area contributed by atoms with E-state index < -0.39 is 0 Å². The topological polar surface area (TPSA) is 12.5 Å². The van der Waals surface area contributed by atoms with Gasteiger partial charge in [-0.3, -0.25) is 4.67 Å². The molecule has 0 N–H and O–H groups in total. The van der Waals surface area contributed by atoms with Crippen LogP contribution in [0.15, 0.2) is 0 Å². The first-order valence-electron chi connectivity index (χ1n) is 3.95. The summed E-state index contributed by atoms with van der Waals surface area (Å²) in [6.07, 6.45) is 3.10. The molecule has 1 rings (SSSR count). The molecule has 1 fully saturated rings. The number of nitrogens with zero attached hydrogens (tertiary/aromatic N) is 1. The second-order valence-corrected chi connectivity index (χ2v) is 4.00. The highest BCUT2D eigenvalue weighted by atomic mass is 31.1. The van der Waals surface area contributed by atoms with Crippen LogP contribution in [0, 0.1) is 0 Å². The first kappa shape index (κ1) is 8.45. The molecule has 10 heavy (non-hydrogen) atoms. The van der Waals surface area contributed by atoms with E-state index in [1.165, 1.54) is 25.9 Å². The molecule has 0 aliphatic carbocycles. The average Bonchev–Trinajstić information content (AvgIpc) is 2.34. The van der Waals surface area contributed by atoms with E-state index in [1.54, 1.807) is 0 Å². The Labute approximate surface area is 64.9 Å². The molecule has 1 saturated heterocycles. The van der Waals surface area contributed by atoms with Crippen LogP contribution >= 0.6 is 8.96 Å². The van der Waals surface area contributed by atoms with E-state index >= 15 is 0 Å². The zero-order valence-electron chi connectivity index (χ0n) is 6.76. The predicted octanol–water partition coefficient (Wildman–Crippen LogP) is 2.02. The van der Waals surface area contributed by atoms with Gasteiger partial charge < -0.3 is 4.52 Å². The second kappa shape index (κ2) is 4.27. The molecule has 60 valence electrons. The molecule has 1 aliphatic rings. The molecule has 0 aromatic carbocycles. The van der Waals surface area contributed by atoms with Gasteiger partial charge in [-0.2, -0.15) is 0 Å². The summed E-state index contributed by atoms with van der Waals surface area (Å²) in [5.74, 6) is 0. The summed E-state index contributed by atoms with van der Waals surface area (Å²) in [6.45, 7) is 6.66. The van der Waals surface area contributed by atoms with Crippen molar-refractivity contribution in [2.45, 2.75) is 32.8 Å². The summed E-state index contributed by atoms with van der Waals surface area (Å²) in [5.41, 5.74) is 0. The number of hydrogen-bond donors (Lipinski definition) is 0. The van der Waals surface area contributed by atoms with Crippen molar-refractivity contribution in [3.05, 3.63) is 0 Å². The van der Waals surface area contributed by atoms with Crippen molar-refractivity contribution >= 4 is 8.96 Å². The van der Waals surface area contributed by atoms with Gasteiger partial charge in [-0.1, -0.05) is 0 Å². The molecule has 1 atom stereocenters. The maximum absolute atomic E-state index is 5.48. The lowest BCUT2D eigenvalue weighted by atomic mass is 10.4. The lowest BCUT2D eigenvalue weighted by molar-refractivity contribution is 0.260. The summed E-state index contributed by atoms with van der Waals surface area (Å²) in [6, 6.07) is 0. The van der Waals surface area contributed by atoms with Crippen LogP contribution in [0.25, 0.3) is 0 Å². The first-order valence-corrected chi connectivity index (χ1v) is 4.81. The molecular weight excluding hydrogens is 145 g/mol. The van der Waals surface area contributed by atoms with Gasteiger partial charge in [0.05, 0.1) is 15.1 Å². The highest BCUT2D eigenvalue weighted by Gasteiger charge is 2.11. The van der Waals surface area contributed by atoms with E-state index in [-0.39, 0.29) is 0 Å². The van der Waals surface area contributed by atoms with Gasteiger partial charge in [0, 0.05) is 13.1 Å². The molecule has 0 spiro atoms. The summed E-state index contributed by atoms with van der Waals surface area (Å²) >= 11 is 0. The molecule has 3 heteroatoms. The van der Waals surface area contributed by atoms with Gasteiger partial charge in [0.25, 0.3) is 0 Å². The van der Waals surface area contributed by atoms with Crippen LogP contribution in [0.2, 0.25) is 0 Å². The van der Waals surface area contributed by atoms with Crippen molar-refractivity contribution < 1.29 is 4.52 Å². The Morgan fingerprint density at radius 1 is 1.30 bits per heavy atom. The average molecular weight is 161 g/mol. The molecule has 2 nitrogen and oxygen atoms in total. The lowest BCUT2D eigenvalue weighted by Crippen LogP contribution is -2.09. The fraction of sp³-hybridized carbons (Fsp3) is 1.00. The molecular formula is C7H16NOP. The summed E-state index contributed by atoms with van der Waals surface area (Å²) < 4.78 is 7.87. The van der Waals surface area contributed by atoms with Crippen LogP contribution in [0.1, 0.15) is 26.7 Å². The summed E-state index contributed by atoms with van der Waals surface area (Å²) in [4.78, 5) is 0. The Morgan fingerprint density at radius 2 is 1.90 bits per heavy atom. The number of hydrogen-bond acceptors (Lipinski definition) is 2. The van der Waals surface area contributed by atoms with E-state index in [2.05, 4.69) is 18.5 Å². The van der Waals surface area contributed by atoms with Crippen LogP contribution in [0.4, 0.5) is 0 Å². The minimum atomic E-state index is 0.388. The van der Waals surface area contributed by atoms with Gasteiger partial charge in [0.2, 0.25) is 0 Å². The van der Waals surface area contributed by atoms with E-state index in [0.29, 0.717) is 15.1 Å². The standard InChI is InChI=1S/C7H16NOP/c1-7(2)9-10-8-5-3-4-6-8/h7,10H,3-6H2,1-2H3. The van der Waals surface area contributed by atoms with Gasteiger partial charge in [-0.15, -0.1) is 0 Å². The highest BCUT2D eigenvalue weighted by molar-refractivity contribution is 7.29. The monoisotopic (exact) mass is 161 g/mol. The molecule has 0 radical (unpaired) electrons. The second-order valence-electron chi connectivity index (χ2n) is 2.95. The molecule has 0 saturated carbocycles. The molecule has 0 amide bonds. The highest BCUT2D eigenvalue weighted by Crippen LogP contribution is 2.25. The zero-order chi connectivity index (χ0) is 7.40. The maximum Gasteiger partial charge on any atom is 0.0892 e. The fourth-order valence-electron chi connectivity index (χ4n) is 0.988. The predicted molar refractivity (Wildman–Crippen MR) is 45.3 cm³/mol. The Kier molecular flexibility index (Phi) is 3.61. The maximum atomic E-state index is 5.48. The Morgan fingerprint density at radius 3 is 2.40 bits per heavy atom. The van der Waals surface area contributed by atoms with E-state index in [9.17, 15) is 0 Å². The summed E-state index contributed by atoms with van der Waals surface area (Å²) in [7, 11) is 0.600. The molecule has 0 aromatic rings. The van der Waals surface area contributed by atoms with Crippen LogP contribution < -0.4 is 0 Å². The van der Waals surface area contributed by atoms with Crippen molar-refractivity contribution in [3.63, 3.8) is 0 Å². The van der Waals surface area contributed by atoms with Crippen LogP contribution in [-0.2, 0) is 4.52 Å². The molecule has 1 aliphatic heterocycles. The van der Waals surface area contributed by atoms with Gasteiger partial charge >= 0.3 is 0 Å². The van der Waals surface area contributed by atoms with Gasteiger partial charge in [0.15, 0.2) is 0 Å². The first-order chi connectivity index (χ1) is 4.79. The SMILES string of the molecule is CC(C)OPN1CCCC1. The quantitative estimate of drug-likeness (QED) is 0.587. The zero-order valence-corrected chi connectivity index (χ0v) is 7.76. The fourth-order valence-corrected chi connectivity index (χ4v) is 1.85. The molecule has 1 heterocycles. The Balaban J connectivity index is 2.01. The Bertz CT molecular complexity index is 91.6. The third kappa shape index (κ3) is 2.96.